The van der Waals surface area contributed by atoms with E-state index in [1.807, 2.05) is 0 Å². The summed E-state index contributed by atoms with van der Waals surface area (Å²) in [5, 5.41) is 3.92. The SMILES string of the molecule is O=C(CCC1CC1)c1c(NC(=O)C2CC2)sc2c1CCCC2. The molecule has 0 bridgehead atoms. The third-order valence-corrected chi connectivity index (χ3v) is 6.32. The number of carbonyl (C=O) groups is 2. The lowest BCUT2D eigenvalue weighted by atomic mass is 9.92. The Bertz CT molecular complexity index is 611. The molecule has 0 radical (unpaired) electrons. The van der Waals surface area contributed by atoms with E-state index >= 15 is 0 Å². The number of fused-ring (bicyclic) bond motifs is 1. The molecule has 1 aromatic heterocycles. The number of ketones is 1. The lowest BCUT2D eigenvalue weighted by Crippen LogP contribution is -2.15. The number of amides is 1. The summed E-state index contributed by atoms with van der Waals surface area (Å²) in [6.45, 7) is 0. The molecule has 0 spiro atoms. The average Bonchev–Trinajstić information content (AvgIpc) is 3.41. The second kappa shape index (κ2) is 5.80. The van der Waals surface area contributed by atoms with Crippen molar-refractivity contribution in [2.24, 2.45) is 11.8 Å². The summed E-state index contributed by atoms with van der Waals surface area (Å²) in [6.07, 6.45) is 10.7. The van der Waals surface area contributed by atoms with Crippen LogP contribution in [-0.2, 0) is 17.6 Å². The first-order chi connectivity index (χ1) is 10.7. The first-order valence-electron chi connectivity index (χ1n) is 8.71. The van der Waals surface area contributed by atoms with Gasteiger partial charge >= 0.3 is 0 Å². The monoisotopic (exact) mass is 317 g/mol. The second-order valence-electron chi connectivity index (χ2n) is 7.08. The van der Waals surface area contributed by atoms with Crippen molar-refractivity contribution in [1.82, 2.24) is 0 Å². The van der Waals surface area contributed by atoms with Crippen LogP contribution in [-0.4, -0.2) is 11.7 Å². The van der Waals surface area contributed by atoms with Crippen molar-refractivity contribution in [2.75, 3.05) is 5.32 Å². The number of carbonyl (C=O) groups excluding carboxylic acids is 2. The van der Waals surface area contributed by atoms with Gasteiger partial charge in [0, 0.05) is 17.2 Å². The quantitative estimate of drug-likeness (QED) is 0.793. The lowest BCUT2D eigenvalue weighted by Gasteiger charge is -2.12. The topological polar surface area (TPSA) is 46.2 Å². The maximum absolute atomic E-state index is 12.8. The number of anilines is 1. The Labute approximate surface area is 135 Å². The number of rotatable bonds is 6. The molecular formula is C18H23NO2S. The van der Waals surface area contributed by atoms with Gasteiger partial charge in [0.2, 0.25) is 5.91 Å². The van der Waals surface area contributed by atoms with E-state index in [0.717, 1.165) is 48.6 Å². The van der Waals surface area contributed by atoms with Crippen LogP contribution in [0.5, 0.6) is 0 Å². The largest absolute Gasteiger partial charge is 0.317 e. The van der Waals surface area contributed by atoms with Crippen LogP contribution in [0.1, 0.15) is 72.2 Å². The van der Waals surface area contributed by atoms with Crippen molar-refractivity contribution in [1.29, 1.82) is 0 Å². The number of hydrogen-bond donors (Lipinski definition) is 1. The van der Waals surface area contributed by atoms with Crippen LogP contribution in [0.2, 0.25) is 0 Å². The van der Waals surface area contributed by atoms with E-state index in [1.165, 1.54) is 36.1 Å². The van der Waals surface area contributed by atoms with E-state index in [-0.39, 0.29) is 17.6 Å². The highest BCUT2D eigenvalue weighted by atomic mass is 32.1. The molecule has 4 heteroatoms. The molecule has 3 aliphatic carbocycles. The zero-order valence-corrected chi connectivity index (χ0v) is 13.8. The minimum atomic E-state index is 0.120. The zero-order valence-electron chi connectivity index (χ0n) is 13.0. The molecule has 2 fully saturated rings. The third kappa shape index (κ3) is 2.98. The molecule has 3 nitrogen and oxygen atoms in total. The van der Waals surface area contributed by atoms with Crippen molar-refractivity contribution in [3.8, 4) is 0 Å². The van der Waals surface area contributed by atoms with Gasteiger partial charge in [0.15, 0.2) is 5.78 Å². The molecule has 3 aliphatic rings. The average molecular weight is 317 g/mol. The van der Waals surface area contributed by atoms with Crippen molar-refractivity contribution in [3.63, 3.8) is 0 Å². The standard InChI is InChI=1S/C18H23NO2S/c20-14(10-7-11-5-6-11)16-13-3-1-2-4-15(13)22-18(16)19-17(21)12-8-9-12/h11-12H,1-10H2,(H,19,21). The molecule has 1 N–H and O–H groups in total. The minimum Gasteiger partial charge on any atom is -0.317 e. The van der Waals surface area contributed by atoms with Crippen molar-refractivity contribution in [2.45, 2.75) is 64.2 Å². The smallest absolute Gasteiger partial charge is 0.228 e. The summed E-state index contributed by atoms with van der Waals surface area (Å²) in [5.74, 6) is 1.35. The van der Waals surface area contributed by atoms with Gasteiger partial charge in [0.05, 0.1) is 5.56 Å². The molecule has 4 rings (SSSR count). The molecule has 0 saturated heterocycles. The predicted molar refractivity (Wildman–Crippen MR) is 88.6 cm³/mol. The molecule has 22 heavy (non-hydrogen) atoms. The molecular weight excluding hydrogens is 294 g/mol. The zero-order chi connectivity index (χ0) is 15.1. The Balaban J connectivity index is 1.58. The summed E-state index contributed by atoms with van der Waals surface area (Å²) >= 11 is 1.66. The molecule has 1 amide bonds. The minimum absolute atomic E-state index is 0.120. The van der Waals surface area contributed by atoms with Crippen LogP contribution in [0.15, 0.2) is 0 Å². The number of aryl methyl sites for hydroxylation is 1. The molecule has 0 atom stereocenters. The van der Waals surface area contributed by atoms with E-state index in [4.69, 9.17) is 0 Å². The molecule has 1 heterocycles. The summed E-state index contributed by atoms with van der Waals surface area (Å²) in [7, 11) is 0. The van der Waals surface area contributed by atoms with Gasteiger partial charge in [-0.2, -0.15) is 0 Å². The summed E-state index contributed by atoms with van der Waals surface area (Å²) < 4.78 is 0. The van der Waals surface area contributed by atoms with Crippen molar-refractivity contribution < 1.29 is 9.59 Å². The highest BCUT2D eigenvalue weighted by molar-refractivity contribution is 7.17. The molecule has 0 aromatic carbocycles. The number of nitrogens with one attached hydrogen (secondary N) is 1. The van der Waals surface area contributed by atoms with E-state index in [1.54, 1.807) is 11.3 Å². The highest BCUT2D eigenvalue weighted by Crippen LogP contribution is 2.41. The normalized spacial score (nSPS) is 20.5. The van der Waals surface area contributed by atoms with Crippen molar-refractivity contribution >= 4 is 28.0 Å². The number of Topliss-reactive ketones (excluding diaryl/α,β-unsaturated/α-hetero) is 1. The third-order valence-electron chi connectivity index (χ3n) is 5.11. The number of thiophene rings is 1. The predicted octanol–water partition coefficient (Wildman–Crippen LogP) is 4.35. The lowest BCUT2D eigenvalue weighted by molar-refractivity contribution is -0.117. The maximum Gasteiger partial charge on any atom is 0.228 e. The van der Waals surface area contributed by atoms with E-state index in [9.17, 15) is 9.59 Å². The Morgan fingerprint density at radius 3 is 2.59 bits per heavy atom. The van der Waals surface area contributed by atoms with E-state index < -0.39 is 0 Å². The molecule has 1 aromatic rings. The highest BCUT2D eigenvalue weighted by Gasteiger charge is 2.33. The summed E-state index contributed by atoms with van der Waals surface area (Å²) in [5.41, 5.74) is 2.12. The van der Waals surface area contributed by atoms with Gasteiger partial charge < -0.3 is 5.32 Å². The van der Waals surface area contributed by atoms with Crippen LogP contribution >= 0.6 is 11.3 Å². The Morgan fingerprint density at radius 1 is 1.09 bits per heavy atom. The van der Waals surface area contributed by atoms with E-state index in [2.05, 4.69) is 5.32 Å². The van der Waals surface area contributed by atoms with Crippen LogP contribution in [0, 0.1) is 11.8 Å². The Morgan fingerprint density at radius 2 is 1.86 bits per heavy atom. The molecule has 0 aliphatic heterocycles. The second-order valence-corrected chi connectivity index (χ2v) is 8.19. The summed E-state index contributed by atoms with van der Waals surface area (Å²) in [4.78, 5) is 26.2. The van der Waals surface area contributed by atoms with Gasteiger partial charge in [-0.05, 0) is 56.4 Å². The molecule has 2 saturated carbocycles. The fourth-order valence-corrected chi connectivity index (χ4v) is 4.69. The van der Waals surface area contributed by atoms with E-state index in [0.29, 0.717) is 6.42 Å². The van der Waals surface area contributed by atoms with Gasteiger partial charge in [-0.3, -0.25) is 9.59 Å². The summed E-state index contributed by atoms with van der Waals surface area (Å²) in [6, 6.07) is 0. The first kappa shape index (κ1) is 14.4. The van der Waals surface area contributed by atoms with Gasteiger partial charge in [-0.1, -0.05) is 12.8 Å². The fraction of sp³-hybridized carbons (Fsp3) is 0.667. The van der Waals surface area contributed by atoms with Crippen LogP contribution in [0.4, 0.5) is 5.00 Å². The van der Waals surface area contributed by atoms with Gasteiger partial charge in [0.25, 0.3) is 0 Å². The van der Waals surface area contributed by atoms with Crippen molar-refractivity contribution in [3.05, 3.63) is 16.0 Å². The van der Waals surface area contributed by atoms with Gasteiger partial charge in [-0.25, -0.2) is 0 Å². The Kier molecular flexibility index (Phi) is 3.81. The van der Waals surface area contributed by atoms with Crippen LogP contribution in [0.3, 0.4) is 0 Å². The molecule has 118 valence electrons. The number of hydrogen-bond acceptors (Lipinski definition) is 3. The van der Waals surface area contributed by atoms with Crippen LogP contribution < -0.4 is 5.32 Å². The molecule has 0 unspecified atom stereocenters. The van der Waals surface area contributed by atoms with Gasteiger partial charge in [-0.15, -0.1) is 11.3 Å². The van der Waals surface area contributed by atoms with Gasteiger partial charge in [0.1, 0.15) is 5.00 Å². The Hall–Kier alpha value is -1.16. The van der Waals surface area contributed by atoms with Crippen LogP contribution in [0.25, 0.3) is 0 Å². The maximum atomic E-state index is 12.8. The fourth-order valence-electron chi connectivity index (χ4n) is 3.38. The first-order valence-corrected chi connectivity index (χ1v) is 9.52.